The van der Waals surface area contributed by atoms with Gasteiger partial charge in [-0.05, 0) is 32.3 Å². The van der Waals surface area contributed by atoms with E-state index in [4.69, 9.17) is 10.5 Å². The van der Waals surface area contributed by atoms with Crippen LogP contribution in [-0.2, 0) is 0 Å². The molecule has 3 N–H and O–H groups in total. The molecule has 0 amide bonds. The molecule has 0 aliphatic carbocycles. The zero-order chi connectivity index (χ0) is 11.5. The summed E-state index contributed by atoms with van der Waals surface area (Å²) < 4.78 is 5.59. The van der Waals surface area contributed by atoms with E-state index in [9.17, 15) is 0 Å². The van der Waals surface area contributed by atoms with Crippen molar-refractivity contribution in [2.45, 2.75) is 0 Å². The van der Waals surface area contributed by atoms with Crippen LogP contribution in [0, 0.1) is 0 Å². The zero-order valence-corrected chi connectivity index (χ0v) is 9.53. The van der Waals surface area contributed by atoms with Gasteiger partial charge in [0.15, 0.2) is 0 Å². The van der Waals surface area contributed by atoms with Gasteiger partial charge in [-0.1, -0.05) is 0 Å². The van der Waals surface area contributed by atoms with Crippen LogP contribution in [-0.4, -0.2) is 42.3 Å². The first-order valence-corrected chi connectivity index (χ1v) is 5.18. The zero-order valence-electron chi connectivity index (χ0n) is 9.53. The summed E-state index contributed by atoms with van der Waals surface area (Å²) in [5.74, 6) is 0.636. The van der Waals surface area contributed by atoms with Gasteiger partial charge in [0.05, 0.1) is 10.9 Å². The number of ether oxygens (including phenoxy) is 1. The largest absolute Gasteiger partial charge is 0.475 e. The van der Waals surface area contributed by atoms with Crippen LogP contribution in [0.4, 0.5) is 5.69 Å². The summed E-state index contributed by atoms with van der Waals surface area (Å²) in [6, 6.07) is 5.61. The SMILES string of the molecule is CN(C)CCOc1n[nH]c2cc(N)ccc12. The molecule has 1 aromatic heterocycles. The Labute approximate surface area is 94.2 Å². The van der Waals surface area contributed by atoms with Crippen LogP contribution in [0.5, 0.6) is 5.88 Å². The predicted molar refractivity (Wildman–Crippen MR) is 64.6 cm³/mol. The smallest absolute Gasteiger partial charge is 0.240 e. The number of nitrogen functional groups attached to an aromatic ring is 1. The number of aromatic nitrogens is 2. The number of anilines is 1. The number of likely N-dealkylation sites (N-methyl/N-ethyl adjacent to an activating group) is 1. The number of nitrogens with zero attached hydrogens (tertiary/aromatic N) is 2. The highest BCUT2D eigenvalue weighted by molar-refractivity contribution is 5.86. The Balaban J connectivity index is 2.13. The second kappa shape index (κ2) is 4.40. The van der Waals surface area contributed by atoms with E-state index in [1.807, 2.05) is 32.3 Å². The lowest BCUT2D eigenvalue weighted by Crippen LogP contribution is -2.19. The van der Waals surface area contributed by atoms with Crippen molar-refractivity contribution in [1.82, 2.24) is 15.1 Å². The molecule has 0 spiro atoms. The Morgan fingerprint density at radius 2 is 2.25 bits per heavy atom. The molecule has 1 heterocycles. The number of hydrogen-bond donors (Lipinski definition) is 2. The third kappa shape index (κ3) is 2.25. The molecular formula is C11H16N4O. The maximum atomic E-state index is 5.68. The van der Waals surface area contributed by atoms with E-state index in [1.54, 1.807) is 0 Å². The Morgan fingerprint density at radius 1 is 1.44 bits per heavy atom. The van der Waals surface area contributed by atoms with Crippen molar-refractivity contribution in [3.05, 3.63) is 18.2 Å². The van der Waals surface area contributed by atoms with Gasteiger partial charge in [-0.25, -0.2) is 0 Å². The fourth-order valence-electron chi connectivity index (χ4n) is 1.45. The van der Waals surface area contributed by atoms with Gasteiger partial charge in [0, 0.05) is 12.2 Å². The molecule has 86 valence electrons. The van der Waals surface area contributed by atoms with Crippen LogP contribution in [0.3, 0.4) is 0 Å². The molecule has 5 nitrogen and oxygen atoms in total. The van der Waals surface area contributed by atoms with Crippen molar-refractivity contribution in [3.8, 4) is 5.88 Å². The second-order valence-corrected chi connectivity index (χ2v) is 3.99. The van der Waals surface area contributed by atoms with Crippen LogP contribution in [0.25, 0.3) is 10.9 Å². The van der Waals surface area contributed by atoms with Crippen molar-refractivity contribution < 1.29 is 4.74 Å². The highest BCUT2D eigenvalue weighted by Gasteiger charge is 2.06. The van der Waals surface area contributed by atoms with Crippen LogP contribution in [0.1, 0.15) is 0 Å². The van der Waals surface area contributed by atoms with E-state index in [-0.39, 0.29) is 0 Å². The van der Waals surface area contributed by atoms with E-state index < -0.39 is 0 Å². The molecular weight excluding hydrogens is 204 g/mol. The van der Waals surface area contributed by atoms with Gasteiger partial charge >= 0.3 is 0 Å². The van der Waals surface area contributed by atoms with Crippen molar-refractivity contribution in [2.75, 3.05) is 33.0 Å². The Kier molecular flexibility index (Phi) is 2.96. The first-order chi connectivity index (χ1) is 7.66. The summed E-state index contributed by atoms with van der Waals surface area (Å²) in [4.78, 5) is 2.06. The quantitative estimate of drug-likeness (QED) is 0.757. The van der Waals surface area contributed by atoms with Crippen LogP contribution in [0.2, 0.25) is 0 Å². The van der Waals surface area contributed by atoms with E-state index in [1.165, 1.54) is 0 Å². The van der Waals surface area contributed by atoms with Gasteiger partial charge in [0.25, 0.3) is 0 Å². The Hall–Kier alpha value is -1.75. The first-order valence-electron chi connectivity index (χ1n) is 5.18. The maximum absolute atomic E-state index is 5.68. The summed E-state index contributed by atoms with van der Waals surface area (Å²) in [5, 5.41) is 7.98. The average molecular weight is 220 g/mol. The van der Waals surface area contributed by atoms with Gasteiger partial charge in [0.1, 0.15) is 6.61 Å². The third-order valence-electron chi connectivity index (χ3n) is 2.33. The lowest BCUT2D eigenvalue weighted by Gasteiger charge is -2.09. The predicted octanol–water partition coefficient (Wildman–Crippen LogP) is 1.09. The molecule has 0 radical (unpaired) electrons. The third-order valence-corrected chi connectivity index (χ3v) is 2.33. The number of hydrogen-bond acceptors (Lipinski definition) is 4. The van der Waals surface area contributed by atoms with Gasteiger partial charge in [-0.2, -0.15) is 0 Å². The summed E-state index contributed by atoms with van der Waals surface area (Å²) >= 11 is 0. The van der Waals surface area contributed by atoms with Crippen LogP contribution < -0.4 is 10.5 Å². The molecule has 16 heavy (non-hydrogen) atoms. The summed E-state index contributed by atoms with van der Waals surface area (Å²) in [6.45, 7) is 1.49. The molecule has 0 saturated heterocycles. The molecule has 2 aromatic rings. The molecule has 0 aliphatic heterocycles. The minimum Gasteiger partial charge on any atom is -0.475 e. The number of nitrogens with one attached hydrogen (secondary N) is 1. The van der Waals surface area contributed by atoms with E-state index in [2.05, 4.69) is 15.1 Å². The van der Waals surface area contributed by atoms with Gasteiger partial charge < -0.3 is 15.4 Å². The number of nitrogens with two attached hydrogens (primary N) is 1. The summed E-state index contributed by atoms with van der Waals surface area (Å²) in [7, 11) is 4.01. The monoisotopic (exact) mass is 220 g/mol. The van der Waals surface area contributed by atoms with Gasteiger partial charge in [0.2, 0.25) is 5.88 Å². The lowest BCUT2D eigenvalue weighted by atomic mass is 10.2. The number of benzene rings is 1. The topological polar surface area (TPSA) is 67.2 Å². The molecule has 0 aliphatic rings. The normalized spacial score (nSPS) is 11.2. The van der Waals surface area contributed by atoms with Crippen molar-refractivity contribution in [2.24, 2.45) is 0 Å². The molecule has 5 heteroatoms. The maximum Gasteiger partial charge on any atom is 0.240 e. The molecule has 0 bridgehead atoms. The Morgan fingerprint density at radius 3 is 3.00 bits per heavy atom. The molecule has 0 fully saturated rings. The fourth-order valence-corrected chi connectivity index (χ4v) is 1.45. The highest BCUT2D eigenvalue weighted by atomic mass is 16.5. The van der Waals surface area contributed by atoms with E-state index in [0.29, 0.717) is 12.5 Å². The molecule has 1 aromatic carbocycles. The molecule has 2 rings (SSSR count). The van der Waals surface area contributed by atoms with Gasteiger partial charge in [-0.15, -0.1) is 5.10 Å². The molecule has 0 atom stereocenters. The van der Waals surface area contributed by atoms with Crippen molar-refractivity contribution in [3.63, 3.8) is 0 Å². The van der Waals surface area contributed by atoms with Crippen molar-refractivity contribution in [1.29, 1.82) is 0 Å². The van der Waals surface area contributed by atoms with Crippen LogP contribution in [0.15, 0.2) is 18.2 Å². The highest BCUT2D eigenvalue weighted by Crippen LogP contribution is 2.23. The van der Waals surface area contributed by atoms with Crippen molar-refractivity contribution >= 4 is 16.6 Å². The van der Waals surface area contributed by atoms with Crippen LogP contribution >= 0.6 is 0 Å². The van der Waals surface area contributed by atoms with Gasteiger partial charge in [-0.3, -0.25) is 5.10 Å². The number of H-pyrrole nitrogens is 1. The Bertz CT molecular complexity index is 478. The number of fused-ring (bicyclic) bond motifs is 1. The minimum absolute atomic E-state index is 0.622. The lowest BCUT2D eigenvalue weighted by molar-refractivity contribution is 0.256. The summed E-state index contributed by atoms with van der Waals surface area (Å²) in [6.07, 6.45) is 0. The number of rotatable bonds is 4. The van der Waals surface area contributed by atoms with E-state index in [0.717, 1.165) is 23.1 Å². The number of aromatic amines is 1. The van der Waals surface area contributed by atoms with E-state index >= 15 is 0 Å². The molecule has 0 unspecified atom stereocenters. The molecule has 0 saturated carbocycles. The first kappa shape index (κ1) is 10.8. The average Bonchev–Trinajstić information content (AvgIpc) is 2.60. The fraction of sp³-hybridized carbons (Fsp3) is 0.364. The summed E-state index contributed by atoms with van der Waals surface area (Å²) in [5.41, 5.74) is 7.30. The minimum atomic E-state index is 0.622. The second-order valence-electron chi connectivity index (χ2n) is 3.99. The standard InChI is InChI=1S/C11H16N4O/c1-15(2)5-6-16-11-9-4-3-8(12)7-10(9)13-14-11/h3-4,7H,5-6,12H2,1-2H3,(H,13,14).